The molecule has 0 saturated heterocycles. The van der Waals surface area contributed by atoms with E-state index in [1.807, 2.05) is 10.7 Å². The van der Waals surface area contributed by atoms with Crippen LogP contribution in [0.4, 0.5) is 0 Å². The molecule has 2 N–H and O–H groups in total. The predicted molar refractivity (Wildman–Crippen MR) is 78.4 cm³/mol. The quantitative estimate of drug-likeness (QED) is 0.794. The number of imidazole rings is 1. The van der Waals surface area contributed by atoms with Gasteiger partial charge < -0.3 is 5.73 Å². The number of hydrogen-bond acceptors (Lipinski definition) is 4. The summed E-state index contributed by atoms with van der Waals surface area (Å²) >= 11 is 1.61. The molecular weight excluding hydrogens is 256 g/mol. The van der Waals surface area contributed by atoms with Crippen molar-refractivity contribution in [3.05, 3.63) is 41.7 Å². The molecule has 2 heterocycles. The number of aromatic nitrogens is 3. The molecule has 98 valence electrons. The van der Waals surface area contributed by atoms with Gasteiger partial charge in [-0.2, -0.15) is 5.10 Å². The molecule has 5 heteroatoms. The third-order valence-corrected chi connectivity index (χ3v) is 4.07. The number of nitrogens with two attached hydrogens (primary N) is 1. The monoisotopic (exact) mass is 272 g/mol. The van der Waals surface area contributed by atoms with Crippen molar-refractivity contribution in [2.75, 3.05) is 6.54 Å². The summed E-state index contributed by atoms with van der Waals surface area (Å²) in [6, 6.07) is 8.55. The fourth-order valence-electron chi connectivity index (χ4n) is 2.01. The standard InChI is InChI=1S/C14H16N4S/c1-2-10-3-5-11(6-4-10)13-17-18-9-12(7-8-15)16-14(18)19-13/h3-6,9H,2,7-8,15H2,1H3. The van der Waals surface area contributed by atoms with E-state index in [9.17, 15) is 0 Å². The zero-order valence-corrected chi connectivity index (χ0v) is 11.7. The van der Waals surface area contributed by atoms with Gasteiger partial charge in [0, 0.05) is 12.0 Å². The normalized spacial score (nSPS) is 11.3. The fraction of sp³-hybridized carbons (Fsp3) is 0.286. The topological polar surface area (TPSA) is 56.2 Å². The average Bonchev–Trinajstić information content (AvgIpc) is 2.97. The molecular formula is C14H16N4S. The van der Waals surface area contributed by atoms with Gasteiger partial charge in [0.1, 0.15) is 5.01 Å². The summed E-state index contributed by atoms with van der Waals surface area (Å²) in [5.41, 5.74) is 9.03. The molecule has 0 radical (unpaired) electrons. The van der Waals surface area contributed by atoms with Crippen molar-refractivity contribution in [1.29, 1.82) is 0 Å². The molecule has 0 saturated carbocycles. The molecule has 4 nitrogen and oxygen atoms in total. The molecule has 0 bridgehead atoms. The van der Waals surface area contributed by atoms with Crippen LogP contribution in [0.1, 0.15) is 18.2 Å². The lowest BCUT2D eigenvalue weighted by molar-refractivity contribution is 0.924. The third kappa shape index (κ3) is 2.39. The molecule has 0 atom stereocenters. The lowest BCUT2D eigenvalue weighted by atomic mass is 10.1. The minimum atomic E-state index is 0.621. The van der Waals surface area contributed by atoms with E-state index < -0.39 is 0 Å². The Morgan fingerprint density at radius 3 is 2.68 bits per heavy atom. The summed E-state index contributed by atoms with van der Waals surface area (Å²) in [5.74, 6) is 0. The number of fused-ring (bicyclic) bond motifs is 1. The Hall–Kier alpha value is -1.72. The van der Waals surface area contributed by atoms with Crippen molar-refractivity contribution in [3.8, 4) is 10.6 Å². The number of nitrogens with zero attached hydrogens (tertiary/aromatic N) is 3. The highest BCUT2D eigenvalue weighted by Gasteiger charge is 2.09. The smallest absolute Gasteiger partial charge is 0.212 e. The van der Waals surface area contributed by atoms with Gasteiger partial charge in [-0.15, -0.1) is 0 Å². The number of hydrogen-bond donors (Lipinski definition) is 1. The second-order valence-corrected chi connectivity index (χ2v) is 5.41. The first kappa shape index (κ1) is 12.3. The van der Waals surface area contributed by atoms with Gasteiger partial charge >= 0.3 is 0 Å². The minimum Gasteiger partial charge on any atom is -0.330 e. The van der Waals surface area contributed by atoms with Gasteiger partial charge in [0.25, 0.3) is 0 Å². The highest BCUT2D eigenvalue weighted by Crippen LogP contribution is 2.25. The molecule has 19 heavy (non-hydrogen) atoms. The molecule has 3 aromatic rings. The van der Waals surface area contributed by atoms with E-state index in [4.69, 9.17) is 5.73 Å². The van der Waals surface area contributed by atoms with Crippen LogP contribution in [0.15, 0.2) is 30.5 Å². The van der Waals surface area contributed by atoms with E-state index in [1.54, 1.807) is 11.3 Å². The van der Waals surface area contributed by atoms with Crippen molar-refractivity contribution >= 4 is 16.3 Å². The molecule has 0 aliphatic carbocycles. The van der Waals surface area contributed by atoms with Gasteiger partial charge in [0.2, 0.25) is 4.96 Å². The summed E-state index contributed by atoms with van der Waals surface area (Å²) in [6.45, 7) is 2.78. The SMILES string of the molecule is CCc1ccc(-c2nn3cc(CCN)nc3s2)cc1. The van der Waals surface area contributed by atoms with Crippen LogP contribution in [0.5, 0.6) is 0 Å². The van der Waals surface area contributed by atoms with Crippen molar-refractivity contribution in [2.24, 2.45) is 5.73 Å². The maximum absolute atomic E-state index is 5.53. The van der Waals surface area contributed by atoms with Crippen LogP contribution in [-0.2, 0) is 12.8 Å². The molecule has 2 aromatic heterocycles. The van der Waals surface area contributed by atoms with Crippen LogP contribution in [0.3, 0.4) is 0 Å². The van der Waals surface area contributed by atoms with Gasteiger partial charge in [-0.05, 0) is 18.5 Å². The highest BCUT2D eigenvalue weighted by molar-refractivity contribution is 7.19. The number of benzene rings is 1. The van der Waals surface area contributed by atoms with Crippen LogP contribution >= 0.6 is 11.3 Å². The van der Waals surface area contributed by atoms with E-state index in [-0.39, 0.29) is 0 Å². The molecule has 1 aromatic carbocycles. The van der Waals surface area contributed by atoms with E-state index in [0.717, 1.165) is 34.1 Å². The van der Waals surface area contributed by atoms with E-state index in [1.165, 1.54) is 5.56 Å². The Labute approximate surface area is 115 Å². The summed E-state index contributed by atoms with van der Waals surface area (Å²) in [6.07, 6.45) is 3.82. The van der Waals surface area contributed by atoms with Crippen molar-refractivity contribution in [3.63, 3.8) is 0 Å². The average molecular weight is 272 g/mol. The molecule has 0 unspecified atom stereocenters. The number of aryl methyl sites for hydroxylation is 1. The minimum absolute atomic E-state index is 0.621. The van der Waals surface area contributed by atoms with E-state index in [2.05, 4.69) is 41.3 Å². The van der Waals surface area contributed by atoms with Crippen LogP contribution in [0.25, 0.3) is 15.5 Å². The largest absolute Gasteiger partial charge is 0.330 e. The molecule has 0 spiro atoms. The maximum Gasteiger partial charge on any atom is 0.212 e. The summed E-state index contributed by atoms with van der Waals surface area (Å²) in [7, 11) is 0. The first-order valence-corrected chi connectivity index (χ1v) is 7.26. The summed E-state index contributed by atoms with van der Waals surface area (Å²) < 4.78 is 1.85. The Morgan fingerprint density at radius 2 is 2.05 bits per heavy atom. The second-order valence-electron chi connectivity index (χ2n) is 4.46. The van der Waals surface area contributed by atoms with Gasteiger partial charge in [-0.1, -0.05) is 42.5 Å². The van der Waals surface area contributed by atoms with Crippen molar-refractivity contribution in [2.45, 2.75) is 19.8 Å². The maximum atomic E-state index is 5.53. The van der Waals surface area contributed by atoms with Crippen molar-refractivity contribution in [1.82, 2.24) is 14.6 Å². The summed E-state index contributed by atoms with van der Waals surface area (Å²) in [4.78, 5) is 5.45. The van der Waals surface area contributed by atoms with Gasteiger partial charge in [0.15, 0.2) is 0 Å². The molecule has 3 rings (SSSR count). The number of rotatable bonds is 4. The van der Waals surface area contributed by atoms with Crippen LogP contribution in [-0.4, -0.2) is 21.1 Å². The van der Waals surface area contributed by atoms with Gasteiger partial charge in [-0.3, -0.25) is 0 Å². The molecule has 0 amide bonds. The fourth-order valence-corrected chi connectivity index (χ4v) is 2.92. The summed E-state index contributed by atoms with van der Waals surface area (Å²) in [5, 5.41) is 5.58. The van der Waals surface area contributed by atoms with Gasteiger partial charge in [0.05, 0.1) is 11.9 Å². The lowest BCUT2D eigenvalue weighted by Gasteiger charge is -1.98. The van der Waals surface area contributed by atoms with Crippen molar-refractivity contribution < 1.29 is 0 Å². The Balaban J connectivity index is 1.93. The van der Waals surface area contributed by atoms with Gasteiger partial charge in [-0.25, -0.2) is 9.50 Å². The Kier molecular flexibility index (Phi) is 3.31. The lowest BCUT2D eigenvalue weighted by Crippen LogP contribution is -2.02. The zero-order valence-electron chi connectivity index (χ0n) is 10.8. The second kappa shape index (κ2) is 5.11. The molecule has 0 aliphatic rings. The Morgan fingerprint density at radius 1 is 1.26 bits per heavy atom. The van der Waals surface area contributed by atoms with E-state index in [0.29, 0.717) is 6.54 Å². The van der Waals surface area contributed by atoms with E-state index >= 15 is 0 Å². The molecule has 0 fully saturated rings. The zero-order chi connectivity index (χ0) is 13.2. The predicted octanol–water partition coefficient (Wildman–Crippen LogP) is 2.52. The first-order chi connectivity index (χ1) is 9.30. The Bertz CT molecular complexity index is 650. The highest BCUT2D eigenvalue weighted by atomic mass is 32.1. The van der Waals surface area contributed by atoms with Crippen LogP contribution in [0, 0.1) is 0 Å². The van der Waals surface area contributed by atoms with Crippen LogP contribution < -0.4 is 5.73 Å². The third-order valence-electron chi connectivity index (χ3n) is 3.10. The molecule has 0 aliphatic heterocycles. The van der Waals surface area contributed by atoms with Crippen LogP contribution in [0.2, 0.25) is 0 Å². The first-order valence-electron chi connectivity index (χ1n) is 6.44.